The van der Waals surface area contributed by atoms with Gasteiger partial charge in [-0.05, 0) is 57.2 Å². The van der Waals surface area contributed by atoms with E-state index in [1.807, 2.05) is 6.20 Å². The molecule has 0 aliphatic heterocycles. The molecule has 0 saturated carbocycles. The van der Waals surface area contributed by atoms with Crippen molar-refractivity contribution in [2.75, 3.05) is 33.9 Å². The fourth-order valence-corrected chi connectivity index (χ4v) is 4.24. The number of nitrogens with zero attached hydrogens (tertiary/aromatic N) is 1. The topological polar surface area (TPSA) is 88.9 Å². The molecule has 4 rings (SSSR count). The lowest BCUT2D eigenvalue weighted by Crippen LogP contribution is -2.20. The van der Waals surface area contributed by atoms with Gasteiger partial charge in [-0.2, -0.15) is 0 Å². The van der Waals surface area contributed by atoms with Gasteiger partial charge in [-0.15, -0.1) is 0 Å². The number of unbranched alkanes of at least 4 members (excludes halogenated alkanes) is 1. The zero-order chi connectivity index (χ0) is 22.3. The Morgan fingerprint density at radius 1 is 1.12 bits per heavy atom. The van der Waals surface area contributed by atoms with Crippen LogP contribution in [0.25, 0.3) is 11.0 Å². The van der Waals surface area contributed by atoms with E-state index >= 15 is 0 Å². The third kappa shape index (κ3) is 4.88. The molecule has 0 fully saturated rings. The smallest absolute Gasteiger partial charge is 0.195 e. The number of aryl methyl sites for hydroxylation is 2. The first-order valence-electron chi connectivity index (χ1n) is 11.3. The van der Waals surface area contributed by atoms with Gasteiger partial charge < -0.3 is 24.2 Å². The van der Waals surface area contributed by atoms with Crippen LogP contribution in [0.3, 0.4) is 0 Å². The van der Waals surface area contributed by atoms with Gasteiger partial charge in [0.2, 0.25) is 0 Å². The average molecular weight is 438 g/mol. The summed E-state index contributed by atoms with van der Waals surface area (Å²) < 4.78 is 16.3. The maximum atomic E-state index is 12.8. The summed E-state index contributed by atoms with van der Waals surface area (Å²) >= 11 is 0. The second-order valence-corrected chi connectivity index (χ2v) is 8.05. The van der Waals surface area contributed by atoms with Crippen LogP contribution in [0.4, 0.5) is 0 Å². The van der Waals surface area contributed by atoms with Crippen molar-refractivity contribution < 1.29 is 13.9 Å². The third-order valence-electron chi connectivity index (χ3n) is 5.98. The quantitative estimate of drug-likeness (QED) is 0.470. The largest absolute Gasteiger partial charge is 0.493 e. The molecule has 0 unspecified atom stereocenters. The Morgan fingerprint density at radius 2 is 1.97 bits per heavy atom. The average Bonchev–Trinajstić information content (AvgIpc) is 3.31. The van der Waals surface area contributed by atoms with Gasteiger partial charge in [0, 0.05) is 41.3 Å². The van der Waals surface area contributed by atoms with Crippen molar-refractivity contribution in [3.63, 3.8) is 0 Å². The molecule has 32 heavy (non-hydrogen) atoms. The minimum Gasteiger partial charge on any atom is -0.493 e. The second-order valence-electron chi connectivity index (χ2n) is 8.05. The third-order valence-corrected chi connectivity index (χ3v) is 5.98. The van der Waals surface area contributed by atoms with Gasteiger partial charge in [0.05, 0.1) is 32.4 Å². The molecular weight excluding hydrogens is 406 g/mol. The van der Waals surface area contributed by atoms with E-state index in [4.69, 9.17) is 18.9 Å². The van der Waals surface area contributed by atoms with Gasteiger partial charge in [0.1, 0.15) is 5.58 Å². The molecule has 7 heteroatoms. The van der Waals surface area contributed by atoms with Gasteiger partial charge in [0.15, 0.2) is 16.9 Å². The maximum absolute atomic E-state index is 12.8. The van der Waals surface area contributed by atoms with Crippen LogP contribution in [0, 0.1) is 0 Å². The van der Waals surface area contributed by atoms with Gasteiger partial charge in [0.25, 0.3) is 0 Å². The van der Waals surface area contributed by atoms with Crippen LogP contribution in [-0.4, -0.2) is 44.5 Å². The van der Waals surface area contributed by atoms with Crippen LogP contribution in [-0.2, 0) is 12.8 Å². The lowest BCUT2D eigenvalue weighted by molar-refractivity contribution is 0.355. The molecule has 2 N–H and O–H groups in total. The van der Waals surface area contributed by atoms with Crippen LogP contribution < -0.4 is 20.2 Å². The summed E-state index contributed by atoms with van der Waals surface area (Å²) in [5.41, 5.74) is 5.03. The Bertz CT molecular complexity index is 1150. The highest BCUT2D eigenvalue weighted by molar-refractivity contribution is 6.02. The van der Waals surface area contributed by atoms with Crippen molar-refractivity contribution in [2.45, 2.75) is 38.5 Å². The van der Waals surface area contributed by atoms with Crippen molar-refractivity contribution in [3.8, 4) is 11.5 Å². The van der Waals surface area contributed by atoms with E-state index in [0.29, 0.717) is 34.5 Å². The minimum atomic E-state index is -0.00686. The number of benzene rings is 1. The molecule has 3 aromatic rings. The number of aromatic amines is 1. The number of methoxy groups -OCH3 is 2. The van der Waals surface area contributed by atoms with Crippen LogP contribution in [0.1, 0.15) is 42.5 Å². The van der Waals surface area contributed by atoms with E-state index in [1.54, 1.807) is 32.6 Å². The standard InChI is InChI=1S/C25H31N3O4/c1-30-23-14-19-22(15-24(23)31-2)32-16-17(25(19)29)6-3-4-10-26-12-13-28-21-8-5-7-20-18(21)9-11-27-20/h9,11,14-16,26-27H,3-8,10,12-13H2,1-2H3. The summed E-state index contributed by atoms with van der Waals surface area (Å²) in [6.45, 7) is 2.56. The number of aliphatic imine (C=N–C) groups is 1. The normalized spacial score (nSPS) is 14.6. The van der Waals surface area contributed by atoms with Crippen molar-refractivity contribution >= 4 is 16.7 Å². The van der Waals surface area contributed by atoms with Gasteiger partial charge in [-0.3, -0.25) is 9.79 Å². The van der Waals surface area contributed by atoms with Crippen LogP contribution in [0.15, 0.2) is 44.9 Å². The summed E-state index contributed by atoms with van der Waals surface area (Å²) in [5.74, 6) is 1.07. The molecule has 0 amide bonds. The summed E-state index contributed by atoms with van der Waals surface area (Å²) in [6.07, 6.45) is 9.52. The van der Waals surface area contributed by atoms with Gasteiger partial charge in [-0.25, -0.2) is 0 Å². The lowest BCUT2D eigenvalue weighted by atomic mass is 9.96. The Hall–Kier alpha value is -3.06. The number of fused-ring (bicyclic) bond motifs is 2. The first-order valence-corrected chi connectivity index (χ1v) is 11.3. The summed E-state index contributed by atoms with van der Waals surface area (Å²) in [4.78, 5) is 20.9. The van der Waals surface area contributed by atoms with E-state index in [0.717, 1.165) is 45.3 Å². The molecule has 2 aromatic heterocycles. The zero-order valence-electron chi connectivity index (χ0n) is 18.8. The summed E-state index contributed by atoms with van der Waals surface area (Å²) in [5, 5.41) is 3.97. The van der Waals surface area contributed by atoms with E-state index in [9.17, 15) is 4.79 Å². The van der Waals surface area contributed by atoms with Crippen molar-refractivity contribution in [1.29, 1.82) is 0 Å². The number of hydrogen-bond acceptors (Lipinski definition) is 6. The first-order chi connectivity index (χ1) is 15.7. The predicted octanol–water partition coefficient (Wildman–Crippen LogP) is 3.88. The molecule has 7 nitrogen and oxygen atoms in total. The molecule has 1 aromatic carbocycles. The Balaban J connectivity index is 1.23. The van der Waals surface area contributed by atoms with Crippen molar-refractivity contribution in [1.82, 2.24) is 10.3 Å². The van der Waals surface area contributed by atoms with E-state index in [2.05, 4.69) is 16.4 Å². The number of aromatic nitrogens is 1. The first kappa shape index (κ1) is 22.1. The van der Waals surface area contributed by atoms with Crippen LogP contribution in [0.5, 0.6) is 11.5 Å². The molecule has 1 aliphatic carbocycles. The molecule has 170 valence electrons. The number of rotatable bonds is 10. The molecule has 1 aliphatic rings. The molecule has 0 saturated heterocycles. The van der Waals surface area contributed by atoms with E-state index in [-0.39, 0.29) is 5.43 Å². The van der Waals surface area contributed by atoms with Crippen molar-refractivity contribution in [3.05, 3.63) is 57.7 Å². The molecular formula is C25H31N3O4. The molecule has 0 radical (unpaired) electrons. The number of H-pyrrole nitrogens is 1. The molecule has 0 bridgehead atoms. The van der Waals surface area contributed by atoms with E-state index < -0.39 is 0 Å². The summed E-state index contributed by atoms with van der Waals surface area (Å²) in [7, 11) is 3.12. The Labute approximate surface area is 187 Å². The molecule has 0 atom stereocenters. The Morgan fingerprint density at radius 3 is 2.81 bits per heavy atom. The second kappa shape index (κ2) is 10.5. The maximum Gasteiger partial charge on any atom is 0.195 e. The lowest BCUT2D eigenvalue weighted by Gasteiger charge is -2.14. The fourth-order valence-electron chi connectivity index (χ4n) is 4.24. The fraction of sp³-hybridized carbons (Fsp3) is 0.440. The Kier molecular flexibility index (Phi) is 7.27. The number of hydrogen-bond donors (Lipinski definition) is 2. The highest BCUT2D eigenvalue weighted by Crippen LogP contribution is 2.31. The van der Waals surface area contributed by atoms with Gasteiger partial charge in [-0.1, -0.05) is 0 Å². The predicted molar refractivity (Wildman–Crippen MR) is 127 cm³/mol. The minimum absolute atomic E-state index is 0.00686. The van der Waals surface area contributed by atoms with Gasteiger partial charge >= 0.3 is 0 Å². The van der Waals surface area contributed by atoms with Crippen molar-refractivity contribution in [2.24, 2.45) is 4.99 Å². The van der Waals surface area contributed by atoms with Crippen LogP contribution in [0.2, 0.25) is 0 Å². The summed E-state index contributed by atoms with van der Waals surface area (Å²) in [6, 6.07) is 5.52. The molecule has 0 spiro atoms. The molecule has 2 heterocycles. The van der Waals surface area contributed by atoms with Crippen LogP contribution >= 0.6 is 0 Å². The SMILES string of the molecule is COc1cc2occ(CCCCNCCN=C3CCCc4[nH]ccc43)c(=O)c2cc1OC. The zero-order valence-corrected chi connectivity index (χ0v) is 18.8. The monoisotopic (exact) mass is 437 g/mol. The number of nitrogens with one attached hydrogen (secondary N) is 2. The highest BCUT2D eigenvalue weighted by Gasteiger charge is 2.15. The number of ether oxygens (including phenoxy) is 2. The highest BCUT2D eigenvalue weighted by atomic mass is 16.5. The van der Waals surface area contributed by atoms with E-state index in [1.165, 1.54) is 23.4 Å².